The van der Waals surface area contributed by atoms with Gasteiger partial charge in [-0.25, -0.2) is 4.98 Å². The van der Waals surface area contributed by atoms with E-state index in [1.807, 2.05) is 10.3 Å². The van der Waals surface area contributed by atoms with E-state index < -0.39 is 0 Å². The van der Waals surface area contributed by atoms with E-state index in [1.54, 1.807) is 11.3 Å². The van der Waals surface area contributed by atoms with Gasteiger partial charge >= 0.3 is 0 Å². The maximum Gasteiger partial charge on any atom is 0.229 e. The number of carbonyl (C=O) groups excluding carboxylic acids is 1. The van der Waals surface area contributed by atoms with Gasteiger partial charge in [0.15, 0.2) is 0 Å². The number of hydrogen-bond donors (Lipinski definition) is 1. The zero-order valence-electron chi connectivity index (χ0n) is 10.9. The Balaban J connectivity index is 1.89. The normalized spacial score (nSPS) is 20.1. The van der Waals surface area contributed by atoms with Crippen LogP contribution in [0.25, 0.3) is 0 Å². The van der Waals surface area contributed by atoms with Crippen LogP contribution in [0, 0.1) is 5.92 Å². The average Bonchev–Trinajstić information content (AvgIpc) is 2.77. The first kappa shape index (κ1) is 13.5. The first-order valence-corrected chi connectivity index (χ1v) is 7.48. The fraction of sp³-hybridized carbons (Fsp3) is 0.692. The third kappa shape index (κ3) is 3.53. The van der Waals surface area contributed by atoms with Crippen molar-refractivity contribution in [1.82, 2.24) is 9.88 Å². The standard InChI is InChI=1S/C13H21N3OS/c1-10-3-2-6-16(8-10)13(17)7-12-15-11(4-5-14)9-18-12/h9-10H,2-8,14H2,1H3. The van der Waals surface area contributed by atoms with Gasteiger partial charge < -0.3 is 10.6 Å². The summed E-state index contributed by atoms with van der Waals surface area (Å²) in [6, 6.07) is 0. The van der Waals surface area contributed by atoms with E-state index in [-0.39, 0.29) is 5.91 Å². The SMILES string of the molecule is CC1CCCN(C(=O)Cc2nc(CCN)cs2)C1. The zero-order chi connectivity index (χ0) is 13.0. The second kappa shape index (κ2) is 6.29. The molecule has 1 aliphatic rings. The molecule has 1 fully saturated rings. The van der Waals surface area contributed by atoms with Gasteiger partial charge in [-0.2, -0.15) is 0 Å². The lowest BCUT2D eigenvalue weighted by atomic mass is 10.0. The molecule has 4 nitrogen and oxygen atoms in total. The highest BCUT2D eigenvalue weighted by molar-refractivity contribution is 7.09. The molecule has 2 N–H and O–H groups in total. The van der Waals surface area contributed by atoms with Crippen LogP contribution in [0.3, 0.4) is 0 Å². The Labute approximate surface area is 112 Å². The molecule has 0 radical (unpaired) electrons. The summed E-state index contributed by atoms with van der Waals surface area (Å²) in [7, 11) is 0. The van der Waals surface area contributed by atoms with E-state index in [4.69, 9.17) is 5.73 Å². The number of hydrogen-bond acceptors (Lipinski definition) is 4. The second-order valence-corrected chi connectivity index (χ2v) is 5.98. The van der Waals surface area contributed by atoms with Gasteiger partial charge in [0.25, 0.3) is 0 Å². The van der Waals surface area contributed by atoms with Gasteiger partial charge in [-0.15, -0.1) is 11.3 Å². The van der Waals surface area contributed by atoms with Crippen molar-refractivity contribution >= 4 is 17.2 Å². The van der Waals surface area contributed by atoms with Gasteiger partial charge in [0.05, 0.1) is 12.1 Å². The van der Waals surface area contributed by atoms with Gasteiger partial charge in [0.2, 0.25) is 5.91 Å². The lowest BCUT2D eigenvalue weighted by molar-refractivity contribution is -0.132. The van der Waals surface area contributed by atoms with Crippen molar-refractivity contribution in [2.24, 2.45) is 11.7 Å². The number of nitrogens with two attached hydrogens (primary N) is 1. The first-order valence-electron chi connectivity index (χ1n) is 6.60. The van der Waals surface area contributed by atoms with Gasteiger partial charge in [0, 0.05) is 24.9 Å². The first-order chi connectivity index (χ1) is 8.69. The summed E-state index contributed by atoms with van der Waals surface area (Å²) >= 11 is 1.57. The predicted molar refractivity (Wildman–Crippen MR) is 73.6 cm³/mol. The summed E-state index contributed by atoms with van der Waals surface area (Å²) in [5, 5.41) is 2.93. The van der Waals surface area contributed by atoms with E-state index in [0.717, 1.165) is 36.6 Å². The molecule has 5 heteroatoms. The average molecular weight is 267 g/mol. The van der Waals surface area contributed by atoms with Gasteiger partial charge in [-0.05, 0) is 25.3 Å². The number of rotatable bonds is 4. The number of carbonyl (C=O) groups is 1. The molecule has 2 heterocycles. The third-order valence-corrected chi connectivity index (χ3v) is 4.21. The van der Waals surface area contributed by atoms with Crippen LogP contribution in [0.2, 0.25) is 0 Å². The van der Waals surface area contributed by atoms with Crippen LogP contribution in [0.1, 0.15) is 30.5 Å². The zero-order valence-corrected chi connectivity index (χ0v) is 11.7. The predicted octanol–water partition coefficient (Wildman–Crippen LogP) is 1.45. The fourth-order valence-electron chi connectivity index (χ4n) is 2.35. The summed E-state index contributed by atoms with van der Waals surface area (Å²) in [6.07, 6.45) is 3.61. The largest absolute Gasteiger partial charge is 0.342 e. The molecule has 0 aromatic carbocycles. The van der Waals surface area contributed by atoms with Crippen molar-refractivity contribution in [1.29, 1.82) is 0 Å². The van der Waals surface area contributed by atoms with Crippen LogP contribution >= 0.6 is 11.3 Å². The molecule has 1 aromatic rings. The lowest BCUT2D eigenvalue weighted by Crippen LogP contribution is -2.39. The van der Waals surface area contributed by atoms with Crippen LogP contribution in [0.15, 0.2) is 5.38 Å². The van der Waals surface area contributed by atoms with E-state index in [2.05, 4.69) is 11.9 Å². The number of likely N-dealkylation sites (tertiary alicyclic amines) is 1. The molecule has 2 rings (SSSR count). The Morgan fingerprint density at radius 2 is 2.50 bits per heavy atom. The monoisotopic (exact) mass is 267 g/mol. The minimum Gasteiger partial charge on any atom is -0.342 e. The summed E-state index contributed by atoms with van der Waals surface area (Å²) in [5.41, 5.74) is 6.50. The molecule has 0 bridgehead atoms. The molecular weight excluding hydrogens is 246 g/mol. The number of aromatic nitrogens is 1. The minimum absolute atomic E-state index is 0.218. The quantitative estimate of drug-likeness (QED) is 0.898. The maximum atomic E-state index is 12.1. The Bertz CT molecular complexity index is 405. The van der Waals surface area contributed by atoms with E-state index in [9.17, 15) is 4.79 Å². The molecule has 1 atom stereocenters. The van der Waals surface area contributed by atoms with E-state index in [1.165, 1.54) is 6.42 Å². The molecule has 1 aliphatic heterocycles. The molecule has 1 aromatic heterocycles. The van der Waals surface area contributed by atoms with Crippen molar-refractivity contribution in [2.75, 3.05) is 19.6 Å². The van der Waals surface area contributed by atoms with Crippen LogP contribution in [0.5, 0.6) is 0 Å². The molecular formula is C13H21N3OS. The number of piperidine rings is 1. The second-order valence-electron chi connectivity index (χ2n) is 5.04. The Kier molecular flexibility index (Phi) is 4.72. The van der Waals surface area contributed by atoms with Crippen molar-refractivity contribution in [3.05, 3.63) is 16.1 Å². The summed E-state index contributed by atoms with van der Waals surface area (Å²) in [4.78, 5) is 18.6. The molecule has 18 heavy (non-hydrogen) atoms. The number of amides is 1. The lowest BCUT2D eigenvalue weighted by Gasteiger charge is -2.30. The summed E-state index contributed by atoms with van der Waals surface area (Å²) < 4.78 is 0. The van der Waals surface area contributed by atoms with E-state index >= 15 is 0 Å². The fourth-order valence-corrected chi connectivity index (χ4v) is 3.17. The Morgan fingerprint density at radius 1 is 1.67 bits per heavy atom. The highest BCUT2D eigenvalue weighted by Gasteiger charge is 2.21. The van der Waals surface area contributed by atoms with Crippen molar-refractivity contribution in [3.63, 3.8) is 0 Å². The van der Waals surface area contributed by atoms with Gasteiger partial charge in [-0.1, -0.05) is 6.92 Å². The van der Waals surface area contributed by atoms with Crippen LogP contribution < -0.4 is 5.73 Å². The van der Waals surface area contributed by atoms with Crippen molar-refractivity contribution in [3.8, 4) is 0 Å². The molecule has 0 saturated carbocycles. The van der Waals surface area contributed by atoms with Crippen molar-refractivity contribution in [2.45, 2.75) is 32.6 Å². The van der Waals surface area contributed by atoms with Crippen molar-refractivity contribution < 1.29 is 4.79 Å². The van der Waals surface area contributed by atoms with E-state index in [0.29, 0.717) is 18.9 Å². The number of nitrogens with zero attached hydrogens (tertiary/aromatic N) is 2. The smallest absolute Gasteiger partial charge is 0.229 e. The molecule has 1 saturated heterocycles. The summed E-state index contributed by atoms with van der Waals surface area (Å²) in [6.45, 7) is 4.63. The number of thiazole rings is 1. The molecule has 100 valence electrons. The summed E-state index contributed by atoms with van der Waals surface area (Å²) in [5.74, 6) is 0.849. The Morgan fingerprint density at radius 3 is 3.22 bits per heavy atom. The van der Waals surface area contributed by atoms with Gasteiger partial charge in [-0.3, -0.25) is 4.79 Å². The maximum absolute atomic E-state index is 12.1. The third-order valence-electron chi connectivity index (χ3n) is 3.31. The molecule has 0 aliphatic carbocycles. The van der Waals surface area contributed by atoms with Crippen LogP contribution in [0.4, 0.5) is 0 Å². The topological polar surface area (TPSA) is 59.2 Å². The minimum atomic E-state index is 0.218. The van der Waals surface area contributed by atoms with Crippen LogP contribution in [-0.4, -0.2) is 35.4 Å². The molecule has 0 spiro atoms. The molecule has 1 unspecified atom stereocenters. The molecule has 1 amide bonds. The highest BCUT2D eigenvalue weighted by Crippen LogP contribution is 2.18. The highest BCUT2D eigenvalue weighted by atomic mass is 32.1. The van der Waals surface area contributed by atoms with Crippen LogP contribution in [-0.2, 0) is 17.6 Å². The Hall–Kier alpha value is -0.940. The van der Waals surface area contributed by atoms with Gasteiger partial charge in [0.1, 0.15) is 5.01 Å².